The summed E-state index contributed by atoms with van der Waals surface area (Å²) < 4.78 is 4.89. The van der Waals surface area contributed by atoms with Crippen LogP contribution in [0.25, 0.3) is 0 Å². The van der Waals surface area contributed by atoms with Crippen molar-refractivity contribution in [3.05, 3.63) is 23.9 Å². The van der Waals surface area contributed by atoms with Crippen LogP contribution in [0.15, 0.2) is 18.3 Å². The molecule has 1 aromatic rings. The van der Waals surface area contributed by atoms with E-state index in [9.17, 15) is 4.79 Å². The monoisotopic (exact) mass is 234 g/mol. The Bertz CT molecular complexity index is 372. The van der Waals surface area contributed by atoms with E-state index in [2.05, 4.69) is 10.3 Å². The Hall–Kier alpha value is -1.58. The van der Waals surface area contributed by atoms with Gasteiger partial charge >= 0.3 is 5.97 Å². The van der Waals surface area contributed by atoms with Gasteiger partial charge in [0.25, 0.3) is 0 Å². The zero-order valence-corrected chi connectivity index (χ0v) is 10.1. The molecule has 1 aliphatic carbocycles. The second kappa shape index (κ2) is 5.66. The molecule has 0 saturated heterocycles. The number of carbonyl (C=O) groups is 1. The maximum atomic E-state index is 11.4. The molecule has 1 saturated carbocycles. The summed E-state index contributed by atoms with van der Waals surface area (Å²) in [6, 6.07) is 3.56. The van der Waals surface area contributed by atoms with Crippen molar-refractivity contribution in [3.63, 3.8) is 0 Å². The van der Waals surface area contributed by atoms with Crippen molar-refractivity contribution in [2.24, 2.45) is 5.92 Å². The average Bonchev–Trinajstić information content (AvgIpc) is 3.14. The molecule has 1 aromatic heterocycles. The first-order valence-corrected chi connectivity index (χ1v) is 6.16. The standard InChI is InChI=1S/C13H18N2O2/c1-2-17-13(16)11-5-6-12(15-9-11)14-8-7-10-3-4-10/h5-6,9-10H,2-4,7-8H2,1H3,(H,14,15). The Morgan fingerprint density at radius 3 is 2.94 bits per heavy atom. The summed E-state index contributed by atoms with van der Waals surface area (Å²) in [6.45, 7) is 3.13. The molecule has 0 radical (unpaired) electrons. The highest BCUT2D eigenvalue weighted by molar-refractivity contribution is 5.89. The largest absolute Gasteiger partial charge is 0.462 e. The third kappa shape index (κ3) is 3.73. The zero-order chi connectivity index (χ0) is 12.1. The highest BCUT2D eigenvalue weighted by Gasteiger charge is 2.20. The summed E-state index contributed by atoms with van der Waals surface area (Å²) in [5.41, 5.74) is 0.500. The minimum Gasteiger partial charge on any atom is -0.462 e. The number of aromatic nitrogens is 1. The summed E-state index contributed by atoms with van der Waals surface area (Å²) in [7, 11) is 0. The van der Waals surface area contributed by atoms with Gasteiger partial charge in [-0.2, -0.15) is 0 Å². The van der Waals surface area contributed by atoms with Crippen LogP contribution in [0.3, 0.4) is 0 Å². The van der Waals surface area contributed by atoms with Crippen LogP contribution in [-0.2, 0) is 4.74 Å². The number of anilines is 1. The third-order valence-corrected chi connectivity index (χ3v) is 2.83. The van der Waals surface area contributed by atoms with Gasteiger partial charge in [0.1, 0.15) is 5.82 Å². The van der Waals surface area contributed by atoms with Crippen LogP contribution in [0.4, 0.5) is 5.82 Å². The topological polar surface area (TPSA) is 51.2 Å². The molecular weight excluding hydrogens is 216 g/mol. The van der Waals surface area contributed by atoms with Gasteiger partial charge in [-0.05, 0) is 31.4 Å². The van der Waals surface area contributed by atoms with E-state index in [1.165, 1.54) is 19.3 Å². The Morgan fingerprint density at radius 2 is 2.35 bits per heavy atom. The molecule has 2 rings (SSSR count). The average molecular weight is 234 g/mol. The van der Waals surface area contributed by atoms with Gasteiger partial charge in [-0.3, -0.25) is 0 Å². The number of nitrogens with zero attached hydrogens (tertiary/aromatic N) is 1. The second-order valence-electron chi connectivity index (χ2n) is 4.31. The summed E-state index contributed by atoms with van der Waals surface area (Å²) in [5.74, 6) is 1.42. The van der Waals surface area contributed by atoms with Gasteiger partial charge in [0.15, 0.2) is 0 Å². The molecular formula is C13H18N2O2. The predicted octanol–water partition coefficient (Wildman–Crippen LogP) is 2.47. The minimum absolute atomic E-state index is 0.315. The van der Waals surface area contributed by atoms with Crippen molar-refractivity contribution in [1.82, 2.24) is 4.98 Å². The fourth-order valence-corrected chi connectivity index (χ4v) is 1.64. The molecule has 4 nitrogen and oxygen atoms in total. The van der Waals surface area contributed by atoms with Crippen LogP contribution in [0, 0.1) is 5.92 Å². The zero-order valence-electron chi connectivity index (χ0n) is 10.1. The number of hydrogen-bond donors (Lipinski definition) is 1. The predicted molar refractivity (Wildman–Crippen MR) is 66.0 cm³/mol. The Morgan fingerprint density at radius 1 is 1.53 bits per heavy atom. The quantitative estimate of drug-likeness (QED) is 0.768. The van der Waals surface area contributed by atoms with Crippen molar-refractivity contribution >= 4 is 11.8 Å². The van der Waals surface area contributed by atoms with Gasteiger partial charge < -0.3 is 10.1 Å². The molecule has 0 amide bonds. The lowest BCUT2D eigenvalue weighted by atomic mass is 10.2. The van der Waals surface area contributed by atoms with Crippen molar-refractivity contribution in [2.75, 3.05) is 18.5 Å². The van der Waals surface area contributed by atoms with E-state index in [4.69, 9.17) is 4.74 Å². The van der Waals surface area contributed by atoms with Crippen LogP contribution in [0.2, 0.25) is 0 Å². The first-order chi connectivity index (χ1) is 8.29. The fourth-order valence-electron chi connectivity index (χ4n) is 1.64. The number of hydrogen-bond acceptors (Lipinski definition) is 4. The lowest BCUT2D eigenvalue weighted by Crippen LogP contribution is -2.07. The molecule has 1 heterocycles. The molecule has 0 aliphatic heterocycles. The highest BCUT2D eigenvalue weighted by atomic mass is 16.5. The van der Waals surface area contributed by atoms with Gasteiger partial charge in [0.05, 0.1) is 12.2 Å². The maximum Gasteiger partial charge on any atom is 0.339 e. The van der Waals surface area contributed by atoms with Crippen LogP contribution in [-0.4, -0.2) is 24.1 Å². The molecule has 17 heavy (non-hydrogen) atoms. The van der Waals surface area contributed by atoms with E-state index in [-0.39, 0.29) is 5.97 Å². The lowest BCUT2D eigenvalue weighted by molar-refractivity contribution is 0.0526. The molecule has 0 spiro atoms. The Labute approximate surface area is 101 Å². The van der Waals surface area contributed by atoms with E-state index in [1.807, 2.05) is 6.07 Å². The van der Waals surface area contributed by atoms with Gasteiger partial charge in [-0.15, -0.1) is 0 Å². The molecule has 1 N–H and O–H groups in total. The maximum absolute atomic E-state index is 11.4. The van der Waals surface area contributed by atoms with Gasteiger partial charge in [-0.25, -0.2) is 9.78 Å². The minimum atomic E-state index is -0.315. The SMILES string of the molecule is CCOC(=O)c1ccc(NCCC2CC2)nc1. The van der Waals surface area contributed by atoms with Crippen LogP contribution in [0.1, 0.15) is 36.5 Å². The van der Waals surface area contributed by atoms with Gasteiger partial charge in [0, 0.05) is 12.7 Å². The molecule has 0 aromatic carbocycles. The van der Waals surface area contributed by atoms with Crippen LogP contribution in [0.5, 0.6) is 0 Å². The van der Waals surface area contributed by atoms with E-state index in [0.717, 1.165) is 18.3 Å². The summed E-state index contributed by atoms with van der Waals surface area (Å²) in [5, 5.41) is 3.25. The second-order valence-corrected chi connectivity index (χ2v) is 4.31. The number of esters is 1. The van der Waals surface area contributed by atoms with Crippen molar-refractivity contribution < 1.29 is 9.53 Å². The lowest BCUT2D eigenvalue weighted by Gasteiger charge is -2.05. The summed E-state index contributed by atoms with van der Waals surface area (Å²) in [4.78, 5) is 15.6. The van der Waals surface area contributed by atoms with Crippen LogP contribution < -0.4 is 5.32 Å². The van der Waals surface area contributed by atoms with Gasteiger partial charge in [-0.1, -0.05) is 12.8 Å². The smallest absolute Gasteiger partial charge is 0.339 e. The number of nitrogens with one attached hydrogen (secondary N) is 1. The van der Waals surface area contributed by atoms with Crippen molar-refractivity contribution in [3.8, 4) is 0 Å². The molecule has 1 fully saturated rings. The molecule has 1 aliphatic rings. The van der Waals surface area contributed by atoms with E-state index < -0.39 is 0 Å². The number of pyridine rings is 1. The van der Waals surface area contributed by atoms with E-state index in [1.54, 1.807) is 19.2 Å². The third-order valence-electron chi connectivity index (χ3n) is 2.83. The number of carbonyl (C=O) groups excluding carboxylic acids is 1. The Balaban J connectivity index is 1.81. The normalized spacial score (nSPS) is 14.4. The van der Waals surface area contributed by atoms with Crippen molar-refractivity contribution in [1.29, 1.82) is 0 Å². The molecule has 0 unspecified atom stereocenters. The number of ether oxygens (including phenoxy) is 1. The van der Waals surface area contributed by atoms with Gasteiger partial charge in [0.2, 0.25) is 0 Å². The summed E-state index contributed by atoms with van der Waals surface area (Å²) >= 11 is 0. The Kier molecular flexibility index (Phi) is 3.96. The molecule has 0 atom stereocenters. The first kappa shape index (κ1) is 11.9. The van der Waals surface area contributed by atoms with Crippen molar-refractivity contribution in [2.45, 2.75) is 26.2 Å². The molecule has 0 bridgehead atoms. The van der Waals surface area contributed by atoms with Crippen LogP contribution >= 0.6 is 0 Å². The highest BCUT2D eigenvalue weighted by Crippen LogP contribution is 2.31. The first-order valence-electron chi connectivity index (χ1n) is 6.16. The number of rotatable bonds is 6. The molecule has 92 valence electrons. The molecule has 4 heteroatoms. The fraction of sp³-hybridized carbons (Fsp3) is 0.538. The van der Waals surface area contributed by atoms with E-state index >= 15 is 0 Å². The summed E-state index contributed by atoms with van der Waals surface area (Å²) in [6.07, 6.45) is 5.51. The van der Waals surface area contributed by atoms with E-state index in [0.29, 0.717) is 12.2 Å².